The Kier molecular flexibility index (Phi) is 4.07. The monoisotopic (exact) mass is 255 g/mol. The van der Waals surface area contributed by atoms with Crippen molar-refractivity contribution in [1.29, 1.82) is 0 Å². The minimum Gasteiger partial charge on any atom is -0.479 e. The van der Waals surface area contributed by atoms with Crippen molar-refractivity contribution in [2.24, 2.45) is 0 Å². The van der Waals surface area contributed by atoms with Crippen molar-refractivity contribution in [3.8, 4) is 0 Å². The van der Waals surface area contributed by atoms with Crippen LogP contribution in [0.4, 0.5) is 5.69 Å². The van der Waals surface area contributed by atoms with E-state index in [0.717, 1.165) is 0 Å². The maximum Gasteiger partial charge on any atom is 0.331 e. The molecular formula is C11H17N3O4. The summed E-state index contributed by atoms with van der Waals surface area (Å²) < 4.78 is 6.14. The van der Waals surface area contributed by atoms with Gasteiger partial charge in [-0.15, -0.1) is 0 Å². The zero-order valence-corrected chi connectivity index (χ0v) is 10.8. The van der Waals surface area contributed by atoms with Gasteiger partial charge in [0.2, 0.25) is 0 Å². The fourth-order valence-corrected chi connectivity index (χ4v) is 1.14. The Balaban J connectivity index is 2.82. The molecule has 7 nitrogen and oxygen atoms in total. The molecular weight excluding hydrogens is 238 g/mol. The second kappa shape index (κ2) is 5.18. The van der Waals surface area contributed by atoms with Crippen molar-refractivity contribution in [2.45, 2.75) is 32.4 Å². The first-order valence-electron chi connectivity index (χ1n) is 5.41. The van der Waals surface area contributed by atoms with Gasteiger partial charge in [-0.3, -0.25) is 9.48 Å². The number of carbonyl (C=O) groups is 2. The number of carboxylic acids is 1. The molecule has 0 aliphatic heterocycles. The summed E-state index contributed by atoms with van der Waals surface area (Å²) in [5.41, 5.74) is -0.742. The smallest absolute Gasteiger partial charge is 0.331 e. The highest BCUT2D eigenvalue weighted by atomic mass is 16.5. The Labute approximate surface area is 105 Å². The molecule has 18 heavy (non-hydrogen) atoms. The normalized spacial score (nSPS) is 13.1. The van der Waals surface area contributed by atoms with Crippen LogP contribution >= 0.6 is 0 Å². The van der Waals surface area contributed by atoms with Gasteiger partial charge in [0.05, 0.1) is 11.9 Å². The van der Waals surface area contributed by atoms with Crippen molar-refractivity contribution in [3.63, 3.8) is 0 Å². The van der Waals surface area contributed by atoms with Gasteiger partial charge in [-0.2, -0.15) is 5.10 Å². The van der Waals surface area contributed by atoms with E-state index >= 15 is 0 Å². The summed E-state index contributed by atoms with van der Waals surface area (Å²) in [7, 11) is 1.43. The van der Waals surface area contributed by atoms with Crippen molar-refractivity contribution in [1.82, 2.24) is 9.78 Å². The number of aliphatic carboxylic acids is 1. The van der Waals surface area contributed by atoms with E-state index in [-0.39, 0.29) is 5.91 Å². The summed E-state index contributed by atoms with van der Waals surface area (Å²) >= 11 is 0. The number of hydrogen-bond acceptors (Lipinski definition) is 4. The number of methoxy groups -OCH3 is 1. The topological polar surface area (TPSA) is 93.5 Å². The van der Waals surface area contributed by atoms with Crippen LogP contribution in [0.2, 0.25) is 0 Å². The molecule has 0 unspecified atom stereocenters. The molecule has 0 aromatic carbocycles. The fourth-order valence-electron chi connectivity index (χ4n) is 1.14. The molecule has 1 atom stereocenters. The number of ether oxygens (including phenoxy) is 1. The summed E-state index contributed by atoms with van der Waals surface area (Å²) in [6.07, 6.45) is 2.28. The van der Waals surface area contributed by atoms with Crippen molar-refractivity contribution in [2.75, 3.05) is 12.4 Å². The van der Waals surface area contributed by atoms with Gasteiger partial charge in [0.25, 0.3) is 5.91 Å². The lowest BCUT2D eigenvalue weighted by atomic mass is 10.1. The average Bonchev–Trinajstić information content (AvgIpc) is 2.76. The van der Waals surface area contributed by atoms with Crippen molar-refractivity contribution >= 4 is 17.6 Å². The molecule has 1 heterocycles. The molecule has 100 valence electrons. The minimum atomic E-state index is -1.17. The molecule has 0 spiro atoms. The van der Waals surface area contributed by atoms with Crippen LogP contribution in [0.25, 0.3) is 0 Å². The Morgan fingerprint density at radius 1 is 1.56 bits per heavy atom. The van der Waals surface area contributed by atoms with E-state index in [2.05, 4.69) is 10.4 Å². The fraction of sp³-hybridized carbons (Fsp3) is 0.545. The zero-order chi connectivity index (χ0) is 13.9. The molecule has 1 aromatic heterocycles. The summed E-state index contributed by atoms with van der Waals surface area (Å²) in [4.78, 5) is 22.6. The highest BCUT2D eigenvalue weighted by molar-refractivity contribution is 5.93. The van der Waals surface area contributed by atoms with E-state index < -0.39 is 17.6 Å². The SMILES string of the molecule is CO[C@@H](C)C(=O)Nc1cnn(C(C)(C)C(=O)O)c1. The number of hydrogen-bond donors (Lipinski definition) is 2. The largest absolute Gasteiger partial charge is 0.479 e. The Morgan fingerprint density at radius 2 is 2.17 bits per heavy atom. The number of amides is 1. The third-order valence-electron chi connectivity index (χ3n) is 2.67. The van der Waals surface area contributed by atoms with Crippen LogP contribution in [0.1, 0.15) is 20.8 Å². The number of anilines is 1. The molecule has 1 amide bonds. The second-order valence-corrected chi connectivity index (χ2v) is 4.40. The molecule has 1 rings (SSSR count). The third kappa shape index (κ3) is 2.86. The van der Waals surface area contributed by atoms with Crippen LogP contribution in [0, 0.1) is 0 Å². The predicted molar refractivity (Wildman–Crippen MR) is 64.3 cm³/mol. The summed E-state index contributed by atoms with van der Waals surface area (Å²) in [6, 6.07) is 0. The molecule has 0 radical (unpaired) electrons. The molecule has 0 bridgehead atoms. The molecule has 1 aromatic rings. The van der Waals surface area contributed by atoms with Crippen LogP contribution in [0.5, 0.6) is 0 Å². The first-order valence-corrected chi connectivity index (χ1v) is 5.41. The lowest BCUT2D eigenvalue weighted by molar-refractivity contribution is -0.146. The summed E-state index contributed by atoms with van der Waals surface area (Å²) in [5, 5.41) is 15.6. The Bertz CT molecular complexity index is 453. The van der Waals surface area contributed by atoms with Crippen LogP contribution in [-0.2, 0) is 19.9 Å². The molecule has 2 N–H and O–H groups in total. The first-order chi connectivity index (χ1) is 8.28. The second-order valence-electron chi connectivity index (χ2n) is 4.40. The van der Waals surface area contributed by atoms with Crippen molar-refractivity contribution in [3.05, 3.63) is 12.4 Å². The molecule has 7 heteroatoms. The van der Waals surface area contributed by atoms with Crippen LogP contribution in [-0.4, -0.2) is 40.0 Å². The molecule has 0 saturated heterocycles. The molecule has 0 aliphatic carbocycles. The van der Waals surface area contributed by atoms with Crippen LogP contribution in [0.15, 0.2) is 12.4 Å². The van der Waals surface area contributed by atoms with Crippen molar-refractivity contribution < 1.29 is 19.4 Å². The summed E-state index contributed by atoms with van der Waals surface area (Å²) in [5.74, 6) is -1.32. The quantitative estimate of drug-likeness (QED) is 0.806. The van der Waals surface area contributed by atoms with Gasteiger partial charge in [-0.25, -0.2) is 4.79 Å². The van der Waals surface area contributed by atoms with Crippen LogP contribution < -0.4 is 5.32 Å². The molecule has 0 aliphatic rings. The maximum absolute atomic E-state index is 11.5. The van der Waals surface area contributed by atoms with E-state index in [1.165, 1.54) is 38.0 Å². The lowest BCUT2D eigenvalue weighted by Gasteiger charge is -2.19. The average molecular weight is 255 g/mol. The number of carboxylic acid groups (broad SMARTS) is 1. The van der Waals surface area contributed by atoms with Crippen LogP contribution in [0.3, 0.4) is 0 Å². The van der Waals surface area contributed by atoms with Gasteiger partial charge in [0, 0.05) is 13.3 Å². The number of nitrogens with zero attached hydrogens (tertiary/aromatic N) is 2. The van der Waals surface area contributed by atoms with Gasteiger partial charge >= 0.3 is 5.97 Å². The Hall–Kier alpha value is -1.89. The van der Waals surface area contributed by atoms with E-state index in [0.29, 0.717) is 5.69 Å². The van der Waals surface area contributed by atoms with Gasteiger partial charge in [-0.05, 0) is 20.8 Å². The predicted octanol–water partition coefficient (Wildman–Crippen LogP) is 0.676. The maximum atomic E-state index is 11.5. The van der Waals surface area contributed by atoms with E-state index in [9.17, 15) is 9.59 Å². The first kappa shape index (κ1) is 14.2. The van der Waals surface area contributed by atoms with Gasteiger partial charge < -0.3 is 15.2 Å². The Morgan fingerprint density at radius 3 is 2.67 bits per heavy atom. The highest BCUT2D eigenvalue weighted by Gasteiger charge is 2.30. The van der Waals surface area contributed by atoms with E-state index in [4.69, 9.17) is 9.84 Å². The number of nitrogens with one attached hydrogen (secondary N) is 1. The number of rotatable bonds is 5. The van der Waals surface area contributed by atoms with E-state index in [1.807, 2.05) is 0 Å². The molecule has 0 saturated carbocycles. The minimum absolute atomic E-state index is 0.315. The molecule has 0 fully saturated rings. The standard InChI is InChI=1S/C11H17N3O4/c1-7(18-4)9(15)13-8-5-12-14(6-8)11(2,3)10(16)17/h5-7H,1-4H3,(H,13,15)(H,16,17)/t7-/m0/s1. The highest BCUT2D eigenvalue weighted by Crippen LogP contribution is 2.17. The van der Waals surface area contributed by atoms with E-state index in [1.54, 1.807) is 6.92 Å². The van der Waals surface area contributed by atoms with Gasteiger partial charge in [-0.1, -0.05) is 0 Å². The third-order valence-corrected chi connectivity index (χ3v) is 2.67. The summed E-state index contributed by atoms with van der Waals surface area (Å²) in [6.45, 7) is 4.65. The number of aromatic nitrogens is 2. The van der Waals surface area contributed by atoms with Gasteiger partial charge in [0.15, 0.2) is 5.54 Å². The van der Waals surface area contributed by atoms with Gasteiger partial charge in [0.1, 0.15) is 6.10 Å². The number of carbonyl (C=O) groups excluding carboxylic acids is 1. The lowest BCUT2D eigenvalue weighted by Crippen LogP contribution is -2.36. The zero-order valence-electron chi connectivity index (χ0n) is 10.8.